The molecule has 0 atom stereocenters. The van der Waals surface area contributed by atoms with Crippen molar-refractivity contribution in [3.8, 4) is 11.8 Å². The number of pyridine rings is 1. The number of anilines is 2. The van der Waals surface area contributed by atoms with Crippen LogP contribution in [0.1, 0.15) is 25.3 Å². The summed E-state index contributed by atoms with van der Waals surface area (Å²) in [4.78, 5) is 20.6. The van der Waals surface area contributed by atoms with Gasteiger partial charge in [0.15, 0.2) is 0 Å². The lowest BCUT2D eigenvalue weighted by molar-refractivity contribution is -0.120. The maximum absolute atomic E-state index is 12.8. The minimum Gasteiger partial charge on any atom is -0.494 e. The van der Waals surface area contributed by atoms with Crippen molar-refractivity contribution in [2.45, 2.75) is 24.7 Å². The van der Waals surface area contributed by atoms with E-state index in [1.54, 1.807) is 18.0 Å². The van der Waals surface area contributed by atoms with Crippen LogP contribution in [0.4, 0.5) is 11.4 Å². The third kappa shape index (κ3) is 4.66. The fourth-order valence-electron chi connectivity index (χ4n) is 4.15. The smallest absolute Gasteiger partial charge is 0.227 e. The van der Waals surface area contributed by atoms with Crippen LogP contribution in [0.5, 0.6) is 5.75 Å². The Morgan fingerprint density at radius 2 is 2.09 bits per heavy atom. The number of ether oxygens (including phenoxy) is 1. The molecular weight excluding hydrogens is 420 g/mol. The van der Waals surface area contributed by atoms with Crippen LogP contribution in [0.3, 0.4) is 0 Å². The number of hydrogen-bond donors (Lipinski definition) is 1. The molecule has 0 radical (unpaired) electrons. The molecule has 1 fully saturated rings. The van der Waals surface area contributed by atoms with Crippen LogP contribution >= 0.6 is 11.8 Å². The quantitative estimate of drug-likeness (QED) is 0.532. The van der Waals surface area contributed by atoms with Crippen LogP contribution < -0.4 is 15.0 Å². The van der Waals surface area contributed by atoms with Gasteiger partial charge >= 0.3 is 0 Å². The summed E-state index contributed by atoms with van der Waals surface area (Å²) in [5.41, 5.74) is 3.09. The van der Waals surface area contributed by atoms with Crippen LogP contribution in [-0.2, 0) is 4.79 Å². The second-order valence-electron chi connectivity index (χ2n) is 7.73. The molecule has 1 N–H and O–H groups in total. The topological polar surface area (TPSA) is 78.2 Å². The second-order valence-corrected chi connectivity index (χ2v) is 8.61. The Hall–Kier alpha value is -3.24. The predicted molar refractivity (Wildman–Crippen MR) is 129 cm³/mol. The van der Waals surface area contributed by atoms with Crippen LogP contribution in [0.2, 0.25) is 0 Å². The van der Waals surface area contributed by atoms with Crippen molar-refractivity contribution in [2.24, 2.45) is 5.92 Å². The van der Waals surface area contributed by atoms with E-state index < -0.39 is 0 Å². The number of carbonyl (C=O) groups is 1. The minimum absolute atomic E-state index is 0.0539. The summed E-state index contributed by atoms with van der Waals surface area (Å²) < 4.78 is 5.67. The van der Waals surface area contributed by atoms with Crippen LogP contribution in [0.15, 0.2) is 53.6 Å². The number of piperidine rings is 1. The van der Waals surface area contributed by atoms with E-state index in [1.807, 2.05) is 55.6 Å². The van der Waals surface area contributed by atoms with Crippen molar-refractivity contribution in [1.82, 2.24) is 4.98 Å². The normalized spacial score (nSPS) is 14.2. The van der Waals surface area contributed by atoms with Gasteiger partial charge in [-0.2, -0.15) is 5.26 Å². The van der Waals surface area contributed by atoms with E-state index in [0.29, 0.717) is 25.3 Å². The van der Waals surface area contributed by atoms with Gasteiger partial charge in [-0.25, -0.2) is 0 Å². The van der Waals surface area contributed by atoms with Gasteiger partial charge in [-0.1, -0.05) is 6.07 Å². The molecule has 1 amide bonds. The number of hydrogen-bond acceptors (Lipinski definition) is 6. The molecule has 6 nitrogen and oxygen atoms in total. The molecule has 0 unspecified atom stereocenters. The molecule has 3 aromatic rings. The largest absolute Gasteiger partial charge is 0.494 e. The standard InChI is InChI=1S/C25H26N4O2S/c1-3-31-20-7-8-23-22(14-20)24(18(15-26)16-27-23)29-11-9-17(10-12-29)25(30)28-19-5-4-6-21(13-19)32-2/h4-8,13-14,16-17H,3,9-12H2,1-2H3,(H,28,30). The summed E-state index contributed by atoms with van der Waals surface area (Å²) in [5.74, 6) is 0.767. The highest BCUT2D eigenvalue weighted by Gasteiger charge is 2.27. The van der Waals surface area contributed by atoms with E-state index in [9.17, 15) is 10.1 Å². The second kappa shape index (κ2) is 9.92. The van der Waals surface area contributed by atoms with E-state index >= 15 is 0 Å². The lowest BCUT2D eigenvalue weighted by Gasteiger charge is -2.34. The molecule has 1 aliphatic heterocycles. The van der Waals surface area contributed by atoms with E-state index in [0.717, 1.165) is 45.8 Å². The Bertz CT molecular complexity index is 1170. The van der Waals surface area contributed by atoms with Crippen molar-refractivity contribution in [3.05, 3.63) is 54.2 Å². The number of carbonyl (C=O) groups excluding carboxylic acids is 1. The van der Waals surface area contributed by atoms with Gasteiger partial charge in [0, 0.05) is 41.2 Å². The molecule has 0 saturated carbocycles. The summed E-state index contributed by atoms with van der Waals surface area (Å²) in [6.07, 6.45) is 5.11. The molecule has 7 heteroatoms. The molecule has 0 aliphatic carbocycles. The lowest BCUT2D eigenvalue weighted by Crippen LogP contribution is -2.38. The maximum atomic E-state index is 12.8. The third-order valence-electron chi connectivity index (χ3n) is 5.76. The number of benzene rings is 2. The van der Waals surface area contributed by atoms with E-state index in [-0.39, 0.29) is 11.8 Å². The zero-order chi connectivity index (χ0) is 22.5. The predicted octanol–water partition coefficient (Wildman–Crippen LogP) is 5.08. The Balaban J connectivity index is 1.51. The maximum Gasteiger partial charge on any atom is 0.227 e. The zero-order valence-electron chi connectivity index (χ0n) is 18.3. The van der Waals surface area contributed by atoms with Gasteiger partial charge < -0.3 is 15.0 Å². The van der Waals surface area contributed by atoms with Crippen LogP contribution in [-0.4, -0.2) is 36.8 Å². The summed E-state index contributed by atoms with van der Waals surface area (Å²) >= 11 is 1.65. The monoisotopic (exact) mass is 446 g/mol. The van der Waals surface area contributed by atoms with Gasteiger partial charge in [0.05, 0.1) is 23.4 Å². The van der Waals surface area contributed by atoms with E-state index in [1.165, 1.54) is 0 Å². The molecule has 1 aliphatic rings. The number of nitrogens with one attached hydrogen (secondary N) is 1. The number of nitriles is 1. The Morgan fingerprint density at radius 1 is 1.28 bits per heavy atom. The van der Waals surface area contributed by atoms with Crippen LogP contribution in [0, 0.1) is 17.2 Å². The summed E-state index contributed by atoms with van der Waals surface area (Å²) in [5, 5.41) is 13.7. The number of fused-ring (bicyclic) bond motifs is 1. The highest BCUT2D eigenvalue weighted by atomic mass is 32.2. The Morgan fingerprint density at radius 3 is 2.81 bits per heavy atom. The first-order valence-corrected chi connectivity index (χ1v) is 12.0. The van der Waals surface area contributed by atoms with Crippen LogP contribution in [0.25, 0.3) is 10.9 Å². The third-order valence-corrected chi connectivity index (χ3v) is 6.49. The van der Waals surface area contributed by atoms with Crippen molar-refractivity contribution in [3.63, 3.8) is 0 Å². The average Bonchev–Trinajstić information content (AvgIpc) is 2.83. The number of thioether (sulfide) groups is 1. The molecule has 164 valence electrons. The van der Waals surface area contributed by atoms with Gasteiger partial charge in [-0.05, 0) is 62.4 Å². The van der Waals surface area contributed by atoms with Gasteiger partial charge in [0.25, 0.3) is 0 Å². The van der Waals surface area contributed by atoms with Crippen molar-refractivity contribution in [2.75, 3.05) is 36.2 Å². The molecule has 1 saturated heterocycles. The molecule has 32 heavy (non-hydrogen) atoms. The average molecular weight is 447 g/mol. The van der Waals surface area contributed by atoms with Crippen molar-refractivity contribution < 1.29 is 9.53 Å². The van der Waals surface area contributed by atoms with Crippen molar-refractivity contribution >= 4 is 39.9 Å². The fraction of sp³-hybridized carbons (Fsp3) is 0.320. The van der Waals surface area contributed by atoms with Gasteiger partial charge in [0.2, 0.25) is 5.91 Å². The fourth-order valence-corrected chi connectivity index (χ4v) is 4.61. The SMILES string of the molecule is CCOc1ccc2ncc(C#N)c(N3CCC(C(=O)Nc4cccc(SC)c4)CC3)c2c1. The number of nitrogens with zero attached hydrogens (tertiary/aromatic N) is 3. The molecule has 2 aromatic carbocycles. The lowest BCUT2D eigenvalue weighted by atomic mass is 9.94. The molecule has 1 aromatic heterocycles. The van der Waals surface area contributed by atoms with E-state index in [4.69, 9.17) is 4.74 Å². The molecule has 2 heterocycles. The Labute approximate surface area is 192 Å². The van der Waals surface area contributed by atoms with Crippen molar-refractivity contribution in [1.29, 1.82) is 5.26 Å². The molecule has 0 bridgehead atoms. The number of aromatic nitrogens is 1. The highest BCUT2D eigenvalue weighted by molar-refractivity contribution is 7.98. The summed E-state index contributed by atoms with van der Waals surface area (Å²) in [7, 11) is 0. The Kier molecular flexibility index (Phi) is 6.81. The first-order chi connectivity index (χ1) is 15.6. The molecule has 0 spiro atoms. The molecule has 4 rings (SSSR count). The number of amides is 1. The van der Waals surface area contributed by atoms with Gasteiger partial charge in [-0.15, -0.1) is 11.8 Å². The molecular formula is C25H26N4O2S. The summed E-state index contributed by atoms with van der Waals surface area (Å²) in [6, 6.07) is 16.0. The first-order valence-electron chi connectivity index (χ1n) is 10.8. The van der Waals surface area contributed by atoms with Gasteiger partial charge in [0.1, 0.15) is 11.8 Å². The number of rotatable bonds is 6. The minimum atomic E-state index is -0.0539. The van der Waals surface area contributed by atoms with E-state index in [2.05, 4.69) is 21.3 Å². The summed E-state index contributed by atoms with van der Waals surface area (Å²) in [6.45, 7) is 3.93. The first kappa shape index (κ1) is 22.0. The van der Waals surface area contributed by atoms with Gasteiger partial charge in [-0.3, -0.25) is 9.78 Å². The highest BCUT2D eigenvalue weighted by Crippen LogP contribution is 2.34. The zero-order valence-corrected chi connectivity index (χ0v) is 19.1.